The summed E-state index contributed by atoms with van der Waals surface area (Å²) in [5, 5.41) is 11.0. The molecule has 0 aliphatic carbocycles. The van der Waals surface area contributed by atoms with Crippen LogP contribution in [0.15, 0.2) is 41.5 Å². The van der Waals surface area contributed by atoms with Gasteiger partial charge in [-0.05, 0) is 30.7 Å². The van der Waals surface area contributed by atoms with E-state index in [-0.39, 0.29) is 5.91 Å². The maximum absolute atomic E-state index is 11.6. The molecule has 1 aromatic carbocycles. The van der Waals surface area contributed by atoms with Crippen LogP contribution in [0.1, 0.15) is 21.7 Å². The number of halogens is 1. The number of aromatic amines is 1. The topological polar surface area (TPSA) is 70.1 Å². The fraction of sp³-hybridized carbons (Fsp3) is 0.0714. The van der Waals surface area contributed by atoms with Gasteiger partial charge in [-0.2, -0.15) is 10.2 Å². The SMILES string of the molecule is Cc1cc(C(=O)N/N=C\C=C\c2ccccc2Cl)n[nH]1. The van der Waals surface area contributed by atoms with Gasteiger partial charge < -0.3 is 0 Å². The van der Waals surface area contributed by atoms with E-state index in [0.717, 1.165) is 11.3 Å². The first-order valence-electron chi connectivity index (χ1n) is 5.93. The van der Waals surface area contributed by atoms with Crippen molar-refractivity contribution in [2.24, 2.45) is 5.10 Å². The van der Waals surface area contributed by atoms with E-state index < -0.39 is 0 Å². The first-order valence-corrected chi connectivity index (χ1v) is 6.31. The summed E-state index contributed by atoms with van der Waals surface area (Å²) in [5.41, 5.74) is 4.38. The molecule has 2 N–H and O–H groups in total. The molecular formula is C14H13ClN4O. The van der Waals surface area contributed by atoms with E-state index in [1.807, 2.05) is 25.1 Å². The molecule has 6 heteroatoms. The zero-order chi connectivity index (χ0) is 14.4. The largest absolute Gasteiger partial charge is 0.291 e. The molecule has 1 amide bonds. The van der Waals surface area contributed by atoms with Gasteiger partial charge in [0.2, 0.25) is 0 Å². The lowest BCUT2D eigenvalue weighted by Crippen LogP contribution is -2.17. The summed E-state index contributed by atoms with van der Waals surface area (Å²) in [6.07, 6.45) is 4.97. The summed E-state index contributed by atoms with van der Waals surface area (Å²) < 4.78 is 0. The highest BCUT2D eigenvalue weighted by Crippen LogP contribution is 2.15. The molecule has 0 fully saturated rings. The third-order valence-electron chi connectivity index (χ3n) is 2.45. The Bertz CT molecular complexity index is 661. The van der Waals surface area contributed by atoms with Gasteiger partial charge in [0.1, 0.15) is 0 Å². The van der Waals surface area contributed by atoms with Crippen molar-refractivity contribution in [2.45, 2.75) is 6.92 Å². The molecule has 2 aromatic rings. The second-order valence-corrected chi connectivity index (χ2v) is 4.44. The van der Waals surface area contributed by atoms with Crippen LogP contribution in [-0.2, 0) is 0 Å². The Morgan fingerprint density at radius 1 is 1.45 bits per heavy atom. The Morgan fingerprint density at radius 3 is 2.95 bits per heavy atom. The van der Waals surface area contributed by atoms with Crippen molar-refractivity contribution in [3.63, 3.8) is 0 Å². The smallest absolute Gasteiger partial charge is 0.282 e. The number of benzene rings is 1. The number of amides is 1. The van der Waals surface area contributed by atoms with Crippen molar-refractivity contribution < 1.29 is 4.79 Å². The van der Waals surface area contributed by atoms with E-state index in [4.69, 9.17) is 11.6 Å². The summed E-state index contributed by atoms with van der Waals surface area (Å²) in [4.78, 5) is 11.6. The first-order chi connectivity index (χ1) is 9.66. The monoisotopic (exact) mass is 288 g/mol. The minimum absolute atomic E-state index is 0.301. The van der Waals surface area contributed by atoms with Gasteiger partial charge in [0, 0.05) is 16.9 Å². The zero-order valence-corrected chi connectivity index (χ0v) is 11.6. The van der Waals surface area contributed by atoms with Gasteiger partial charge >= 0.3 is 0 Å². The van der Waals surface area contributed by atoms with Gasteiger partial charge in [0.05, 0.1) is 0 Å². The standard InChI is InChI=1S/C14H13ClN4O/c1-10-9-13(18-17-10)14(20)19-16-8-4-6-11-5-2-3-7-12(11)15/h2-9H,1H3,(H,17,18)(H,19,20)/b6-4+,16-8-. The first kappa shape index (κ1) is 14.0. The van der Waals surface area contributed by atoms with Crippen LogP contribution in [0.25, 0.3) is 6.08 Å². The fourth-order valence-electron chi connectivity index (χ4n) is 1.49. The summed E-state index contributed by atoms with van der Waals surface area (Å²) in [6, 6.07) is 9.09. The number of carbonyl (C=O) groups excluding carboxylic acids is 1. The molecule has 0 radical (unpaired) electrons. The van der Waals surface area contributed by atoms with Crippen LogP contribution in [0.4, 0.5) is 0 Å². The number of H-pyrrole nitrogens is 1. The zero-order valence-electron chi connectivity index (χ0n) is 10.8. The summed E-state index contributed by atoms with van der Waals surface area (Å²) in [7, 11) is 0. The van der Waals surface area contributed by atoms with Gasteiger partial charge in [-0.1, -0.05) is 35.9 Å². The number of rotatable bonds is 4. The van der Waals surface area contributed by atoms with Gasteiger partial charge in [0.15, 0.2) is 5.69 Å². The number of hydrogen-bond donors (Lipinski definition) is 2. The number of allylic oxidation sites excluding steroid dienone is 1. The molecule has 20 heavy (non-hydrogen) atoms. The Hall–Kier alpha value is -2.40. The average molecular weight is 289 g/mol. The number of carbonyl (C=O) groups is 1. The van der Waals surface area contributed by atoms with Crippen molar-refractivity contribution in [2.75, 3.05) is 0 Å². The number of aryl methyl sites for hydroxylation is 1. The van der Waals surface area contributed by atoms with Gasteiger partial charge in [-0.15, -0.1) is 0 Å². The maximum atomic E-state index is 11.6. The Morgan fingerprint density at radius 2 is 2.25 bits per heavy atom. The molecule has 0 bridgehead atoms. The van der Waals surface area contributed by atoms with Gasteiger partial charge in [0.25, 0.3) is 5.91 Å². The summed E-state index contributed by atoms with van der Waals surface area (Å²) >= 11 is 5.99. The minimum atomic E-state index is -0.364. The van der Waals surface area contributed by atoms with Crippen LogP contribution in [0.5, 0.6) is 0 Å². The normalized spacial score (nSPS) is 11.3. The Kier molecular flexibility index (Phi) is 4.68. The van der Waals surface area contributed by atoms with Crippen molar-refractivity contribution in [3.05, 3.63) is 58.4 Å². The number of hydrazone groups is 1. The Balaban J connectivity index is 1.88. The molecule has 2 rings (SSSR count). The van der Waals surface area contributed by atoms with Crippen molar-refractivity contribution in [1.82, 2.24) is 15.6 Å². The Labute approximate surface area is 121 Å². The van der Waals surface area contributed by atoms with E-state index >= 15 is 0 Å². The second-order valence-electron chi connectivity index (χ2n) is 4.04. The van der Waals surface area contributed by atoms with Crippen molar-refractivity contribution in [1.29, 1.82) is 0 Å². The molecule has 1 aromatic heterocycles. The molecule has 0 saturated carbocycles. The van der Waals surface area contributed by atoms with Gasteiger partial charge in [-0.25, -0.2) is 5.43 Å². The highest BCUT2D eigenvalue weighted by Gasteiger charge is 2.06. The van der Waals surface area contributed by atoms with E-state index in [0.29, 0.717) is 10.7 Å². The van der Waals surface area contributed by atoms with Crippen LogP contribution in [-0.4, -0.2) is 22.3 Å². The molecule has 0 unspecified atom stereocenters. The molecular weight excluding hydrogens is 276 g/mol. The molecule has 0 aliphatic rings. The maximum Gasteiger partial charge on any atom is 0.291 e. The number of nitrogens with one attached hydrogen (secondary N) is 2. The fourth-order valence-corrected chi connectivity index (χ4v) is 1.69. The predicted octanol–water partition coefficient (Wildman–Crippen LogP) is 2.80. The van der Waals surface area contributed by atoms with E-state index in [2.05, 4.69) is 20.7 Å². The third-order valence-corrected chi connectivity index (χ3v) is 2.79. The lowest BCUT2D eigenvalue weighted by molar-refractivity contribution is 0.0950. The predicted molar refractivity (Wildman–Crippen MR) is 79.8 cm³/mol. The van der Waals surface area contributed by atoms with Crippen molar-refractivity contribution in [3.8, 4) is 0 Å². The van der Waals surface area contributed by atoms with E-state index in [1.165, 1.54) is 6.21 Å². The molecule has 0 aliphatic heterocycles. The summed E-state index contributed by atoms with van der Waals surface area (Å²) in [5.74, 6) is -0.364. The highest BCUT2D eigenvalue weighted by atomic mass is 35.5. The molecule has 5 nitrogen and oxygen atoms in total. The molecule has 1 heterocycles. The van der Waals surface area contributed by atoms with Crippen LogP contribution in [0.3, 0.4) is 0 Å². The average Bonchev–Trinajstić information content (AvgIpc) is 2.87. The molecule has 0 saturated heterocycles. The molecule has 0 atom stereocenters. The summed E-state index contributed by atoms with van der Waals surface area (Å²) in [6.45, 7) is 1.82. The lowest BCUT2D eigenvalue weighted by atomic mass is 10.2. The van der Waals surface area contributed by atoms with Crippen LogP contribution < -0.4 is 5.43 Å². The minimum Gasteiger partial charge on any atom is -0.282 e. The van der Waals surface area contributed by atoms with Crippen LogP contribution in [0, 0.1) is 6.92 Å². The second kappa shape index (κ2) is 6.68. The lowest BCUT2D eigenvalue weighted by Gasteiger charge is -1.95. The number of aromatic nitrogens is 2. The van der Waals surface area contributed by atoms with E-state index in [1.54, 1.807) is 24.3 Å². The van der Waals surface area contributed by atoms with E-state index in [9.17, 15) is 4.79 Å². The number of nitrogens with zero attached hydrogens (tertiary/aromatic N) is 2. The molecule has 102 valence electrons. The highest BCUT2D eigenvalue weighted by molar-refractivity contribution is 6.32. The van der Waals surface area contributed by atoms with Crippen molar-refractivity contribution >= 4 is 29.8 Å². The van der Waals surface area contributed by atoms with Crippen LogP contribution in [0.2, 0.25) is 5.02 Å². The third kappa shape index (κ3) is 3.80. The molecule has 0 spiro atoms. The van der Waals surface area contributed by atoms with Crippen LogP contribution >= 0.6 is 11.6 Å². The van der Waals surface area contributed by atoms with Gasteiger partial charge in [-0.3, -0.25) is 9.89 Å². The quantitative estimate of drug-likeness (QED) is 0.671. The number of hydrogen-bond acceptors (Lipinski definition) is 3.